The molecule has 0 radical (unpaired) electrons. The Labute approximate surface area is 106 Å². The molecule has 0 aliphatic carbocycles. The van der Waals surface area contributed by atoms with Crippen molar-refractivity contribution < 1.29 is 4.79 Å². The Morgan fingerprint density at radius 2 is 2.00 bits per heavy atom. The monoisotopic (exact) mass is 244 g/mol. The van der Waals surface area contributed by atoms with Gasteiger partial charge in [0.2, 0.25) is 0 Å². The minimum atomic E-state index is 0.0947. The predicted molar refractivity (Wildman–Crippen MR) is 72.6 cm³/mol. The fourth-order valence-electron chi connectivity index (χ4n) is 1.84. The lowest BCUT2D eigenvalue weighted by Crippen LogP contribution is -2.12. The maximum Gasteiger partial charge on any atom is 0.165 e. The molecule has 0 fully saturated rings. The van der Waals surface area contributed by atoms with Gasteiger partial charge in [-0.3, -0.25) is 4.79 Å². The number of rotatable bonds is 5. The van der Waals surface area contributed by atoms with Crippen molar-refractivity contribution in [1.82, 2.24) is 0 Å². The molecular weight excluding hydrogens is 228 g/mol. The Bertz CT molecular complexity index is 459. The minimum absolute atomic E-state index is 0.0947. The number of carbonyl (C=O) groups is 1. The molecule has 17 heavy (non-hydrogen) atoms. The smallest absolute Gasteiger partial charge is 0.165 e. The van der Waals surface area contributed by atoms with Gasteiger partial charge in [0, 0.05) is 11.5 Å². The van der Waals surface area contributed by atoms with Gasteiger partial charge >= 0.3 is 0 Å². The highest BCUT2D eigenvalue weighted by molar-refractivity contribution is 7.07. The molecular formula is C15H16OS. The quantitative estimate of drug-likeness (QED) is 0.720. The van der Waals surface area contributed by atoms with Crippen molar-refractivity contribution in [3.05, 3.63) is 58.3 Å². The summed E-state index contributed by atoms with van der Waals surface area (Å²) in [6, 6.07) is 11.7. The second-order valence-corrected chi connectivity index (χ2v) is 5.08. The number of thiophene rings is 1. The standard InChI is InChI=1S/C15H16OS/c1-12(7-8-13-9-10-17-11-13)15(16)14-5-3-2-4-6-14/h2-6,9-12H,7-8H2,1H3. The Morgan fingerprint density at radius 1 is 1.24 bits per heavy atom. The van der Waals surface area contributed by atoms with Gasteiger partial charge in [0.1, 0.15) is 0 Å². The highest BCUT2D eigenvalue weighted by Crippen LogP contribution is 2.16. The molecule has 1 atom stereocenters. The van der Waals surface area contributed by atoms with Crippen molar-refractivity contribution >= 4 is 17.1 Å². The van der Waals surface area contributed by atoms with E-state index < -0.39 is 0 Å². The lowest BCUT2D eigenvalue weighted by Gasteiger charge is -2.09. The van der Waals surface area contributed by atoms with Gasteiger partial charge in [0.25, 0.3) is 0 Å². The van der Waals surface area contributed by atoms with Crippen molar-refractivity contribution in [2.75, 3.05) is 0 Å². The molecule has 0 aliphatic heterocycles. The number of carbonyl (C=O) groups excluding carboxylic acids is 1. The van der Waals surface area contributed by atoms with Gasteiger partial charge in [-0.2, -0.15) is 11.3 Å². The van der Waals surface area contributed by atoms with Crippen molar-refractivity contribution in [1.29, 1.82) is 0 Å². The molecule has 0 aliphatic rings. The van der Waals surface area contributed by atoms with Crippen molar-refractivity contribution in [2.24, 2.45) is 5.92 Å². The van der Waals surface area contributed by atoms with Gasteiger partial charge in [0.05, 0.1) is 0 Å². The zero-order valence-electron chi connectivity index (χ0n) is 9.93. The lowest BCUT2D eigenvalue weighted by atomic mass is 9.94. The third-order valence-electron chi connectivity index (χ3n) is 2.95. The maximum atomic E-state index is 12.1. The summed E-state index contributed by atoms with van der Waals surface area (Å²) in [6.07, 6.45) is 1.91. The Hall–Kier alpha value is -1.41. The molecule has 2 rings (SSSR count). The van der Waals surface area contributed by atoms with E-state index in [0.717, 1.165) is 18.4 Å². The van der Waals surface area contributed by atoms with Gasteiger partial charge in [-0.1, -0.05) is 37.3 Å². The molecule has 0 saturated carbocycles. The molecule has 2 heteroatoms. The summed E-state index contributed by atoms with van der Waals surface area (Å²) in [5.41, 5.74) is 2.16. The first kappa shape index (κ1) is 12.1. The normalized spacial score (nSPS) is 12.3. The zero-order chi connectivity index (χ0) is 12.1. The second-order valence-electron chi connectivity index (χ2n) is 4.30. The molecule has 0 saturated heterocycles. The first-order chi connectivity index (χ1) is 8.27. The third kappa shape index (κ3) is 3.27. The van der Waals surface area contributed by atoms with Gasteiger partial charge < -0.3 is 0 Å². The molecule has 1 heterocycles. The third-order valence-corrected chi connectivity index (χ3v) is 3.68. The van der Waals surface area contributed by atoms with Crippen LogP contribution in [0.15, 0.2) is 47.2 Å². The number of ketones is 1. The second kappa shape index (κ2) is 5.78. The van der Waals surface area contributed by atoms with E-state index in [-0.39, 0.29) is 11.7 Å². The van der Waals surface area contributed by atoms with Crippen LogP contribution >= 0.6 is 11.3 Å². The first-order valence-corrected chi connectivity index (χ1v) is 6.82. The molecule has 88 valence electrons. The van der Waals surface area contributed by atoms with Gasteiger partial charge in [-0.05, 0) is 35.2 Å². The van der Waals surface area contributed by atoms with Crippen LogP contribution in [-0.4, -0.2) is 5.78 Å². The summed E-state index contributed by atoms with van der Waals surface area (Å²) < 4.78 is 0. The summed E-state index contributed by atoms with van der Waals surface area (Å²) in [4.78, 5) is 12.1. The number of hydrogen-bond acceptors (Lipinski definition) is 2. The molecule has 0 amide bonds. The highest BCUT2D eigenvalue weighted by Gasteiger charge is 2.14. The summed E-state index contributed by atoms with van der Waals surface area (Å²) in [6.45, 7) is 2.02. The van der Waals surface area contributed by atoms with Crippen molar-refractivity contribution in [2.45, 2.75) is 19.8 Å². The maximum absolute atomic E-state index is 12.1. The molecule has 1 aromatic carbocycles. The van der Waals surface area contributed by atoms with E-state index in [0.29, 0.717) is 0 Å². The van der Waals surface area contributed by atoms with Crippen LogP contribution in [-0.2, 0) is 6.42 Å². The summed E-state index contributed by atoms with van der Waals surface area (Å²) in [5.74, 6) is 0.345. The molecule has 1 aromatic heterocycles. The van der Waals surface area contributed by atoms with Gasteiger partial charge in [0.15, 0.2) is 5.78 Å². The predicted octanol–water partition coefficient (Wildman–Crippen LogP) is 4.20. The van der Waals surface area contributed by atoms with E-state index in [4.69, 9.17) is 0 Å². The fourth-order valence-corrected chi connectivity index (χ4v) is 2.54. The summed E-state index contributed by atoms with van der Waals surface area (Å²) >= 11 is 1.71. The van der Waals surface area contributed by atoms with Crippen LogP contribution in [0.4, 0.5) is 0 Å². The molecule has 0 spiro atoms. The van der Waals surface area contributed by atoms with E-state index in [1.807, 2.05) is 37.3 Å². The number of benzene rings is 1. The highest BCUT2D eigenvalue weighted by atomic mass is 32.1. The van der Waals surface area contributed by atoms with Crippen LogP contribution in [0.25, 0.3) is 0 Å². The largest absolute Gasteiger partial charge is 0.294 e. The average molecular weight is 244 g/mol. The van der Waals surface area contributed by atoms with Crippen LogP contribution in [0.5, 0.6) is 0 Å². The Balaban J connectivity index is 1.92. The van der Waals surface area contributed by atoms with E-state index in [1.165, 1.54) is 5.56 Å². The molecule has 1 unspecified atom stereocenters. The van der Waals surface area contributed by atoms with E-state index in [9.17, 15) is 4.79 Å². The van der Waals surface area contributed by atoms with Crippen LogP contribution in [0, 0.1) is 5.92 Å². The average Bonchev–Trinajstić information content (AvgIpc) is 2.89. The Kier molecular flexibility index (Phi) is 4.10. The van der Waals surface area contributed by atoms with Crippen LogP contribution in [0.2, 0.25) is 0 Å². The van der Waals surface area contributed by atoms with Gasteiger partial charge in [-0.25, -0.2) is 0 Å². The van der Waals surface area contributed by atoms with Crippen molar-refractivity contribution in [3.63, 3.8) is 0 Å². The first-order valence-electron chi connectivity index (χ1n) is 5.87. The van der Waals surface area contributed by atoms with Crippen LogP contribution in [0.3, 0.4) is 0 Å². The molecule has 1 nitrogen and oxygen atoms in total. The summed E-state index contributed by atoms with van der Waals surface area (Å²) in [5, 5.41) is 4.23. The Morgan fingerprint density at radius 3 is 2.65 bits per heavy atom. The van der Waals surface area contributed by atoms with E-state index >= 15 is 0 Å². The summed E-state index contributed by atoms with van der Waals surface area (Å²) in [7, 11) is 0. The number of Topliss-reactive ketones (excluding diaryl/α,β-unsaturated/α-hetero) is 1. The molecule has 0 N–H and O–H groups in total. The number of hydrogen-bond donors (Lipinski definition) is 0. The minimum Gasteiger partial charge on any atom is -0.294 e. The fraction of sp³-hybridized carbons (Fsp3) is 0.267. The van der Waals surface area contributed by atoms with E-state index in [2.05, 4.69) is 16.8 Å². The zero-order valence-corrected chi connectivity index (χ0v) is 10.7. The van der Waals surface area contributed by atoms with E-state index in [1.54, 1.807) is 11.3 Å². The van der Waals surface area contributed by atoms with Gasteiger partial charge in [-0.15, -0.1) is 0 Å². The number of aryl methyl sites for hydroxylation is 1. The van der Waals surface area contributed by atoms with Crippen LogP contribution in [0.1, 0.15) is 29.3 Å². The SMILES string of the molecule is CC(CCc1ccsc1)C(=O)c1ccccc1. The molecule has 2 aromatic rings. The van der Waals surface area contributed by atoms with Crippen LogP contribution < -0.4 is 0 Å². The molecule has 0 bridgehead atoms. The van der Waals surface area contributed by atoms with Crippen molar-refractivity contribution in [3.8, 4) is 0 Å². The topological polar surface area (TPSA) is 17.1 Å². The lowest BCUT2D eigenvalue weighted by molar-refractivity contribution is 0.0924.